The van der Waals surface area contributed by atoms with Crippen molar-refractivity contribution >= 4 is 23.4 Å². The van der Waals surface area contributed by atoms with Gasteiger partial charge in [-0.25, -0.2) is 0 Å². The van der Waals surface area contributed by atoms with E-state index in [1.54, 1.807) is 6.26 Å². The number of thioether (sulfide) groups is 1. The van der Waals surface area contributed by atoms with Crippen molar-refractivity contribution < 1.29 is 9.21 Å². The second kappa shape index (κ2) is 8.86. The van der Waals surface area contributed by atoms with Crippen molar-refractivity contribution in [1.29, 1.82) is 0 Å². The average Bonchev–Trinajstić information content (AvgIpc) is 3.24. The molecular formula is C22H28N4O2S. The van der Waals surface area contributed by atoms with Crippen molar-refractivity contribution in [2.24, 2.45) is 7.05 Å². The minimum atomic E-state index is -0.0472. The Hall–Kier alpha value is -2.54. The van der Waals surface area contributed by atoms with Gasteiger partial charge in [0.25, 0.3) is 0 Å². The Morgan fingerprint density at radius 3 is 2.34 bits per heavy atom. The number of nitrogens with one attached hydrogen (secondary N) is 1. The van der Waals surface area contributed by atoms with Gasteiger partial charge in [0, 0.05) is 12.7 Å². The summed E-state index contributed by atoms with van der Waals surface area (Å²) in [7, 11) is 1.90. The van der Waals surface area contributed by atoms with E-state index >= 15 is 0 Å². The van der Waals surface area contributed by atoms with Crippen molar-refractivity contribution in [3.8, 4) is 11.4 Å². The highest BCUT2D eigenvalue weighted by atomic mass is 32.2. The molecule has 7 heteroatoms. The van der Waals surface area contributed by atoms with E-state index in [9.17, 15) is 4.79 Å². The van der Waals surface area contributed by atoms with Gasteiger partial charge in [-0.05, 0) is 36.0 Å². The van der Waals surface area contributed by atoms with E-state index in [1.165, 1.54) is 11.8 Å². The van der Waals surface area contributed by atoms with Crippen LogP contribution >= 0.6 is 11.8 Å². The Balaban J connectivity index is 1.73. The highest BCUT2D eigenvalue weighted by Crippen LogP contribution is 2.33. The molecule has 0 spiro atoms. The highest BCUT2D eigenvalue weighted by molar-refractivity contribution is 7.99. The topological polar surface area (TPSA) is 72.9 Å². The Labute approximate surface area is 176 Å². The summed E-state index contributed by atoms with van der Waals surface area (Å²) in [6.45, 7) is 10.5. The maximum atomic E-state index is 12.7. The molecule has 0 saturated carbocycles. The number of nitrogens with zero attached hydrogens (tertiary/aromatic N) is 3. The first kappa shape index (κ1) is 21.2. The van der Waals surface area contributed by atoms with Crippen LogP contribution in [0.15, 0.2) is 40.1 Å². The Morgan fingerprint density at radius 1 is 1.14 bits per heavy atom. The van der Waals surface area contributed by atoms with E-state index in [2.05, 4.69) is 61.4 Å². The molecule has 1 aromatic carbocycles. The summed E-state index contributed by atoms with van der Waals surface area (Å²) in [6.07, 6.45) is 1.64. The average molecular weight is 413 g/mol. The van der Waals surface area contributed by atoms with Crippen LogP contribution in [0, 0.1) is 6.92 Å². The standard InChI is InChI=1S/C22H28N4O2S/c1-13(2)16-8-7-9-17(14(3)4)20(16)23-19(27)12-29-22-25-24-21(26(22)6)18-10-11-28-15(18)5/h7-11,13-14H,12H2,1-6H3,(H,23,27). The van der Waals surface area contributed by atoms with Gasteiger partial charge in [0.2, 0.25) is 5.91 Å². The first-order chi connectivity index (χ1) is 13.8. The number of aromatic nitrogens is 3. The Bertz CT molecular complexity index is 978. The molecule has 0 atom stereocenters. The number of anilines is 1. The van der Waals surface area contributed by atoms with Gasteiger partial charge >= 0.3 is 0 Å². The van der Waals surface area contributed by atoms with Crippen LogP contribution in [0.3, 0.4) is 0 Å². The lowest BCUT2D eigenvalue weighted by Crippen LogP contribution is -2.18. The molecule has 1 amide bonds. The lowest BCUT2D eigenvalue weighted by Gasteiger charge is -2.20. The lowest BCUT2D eigenvalue weighted by molar-refractivity contribution is -0.113. The van der Waals surface area contributed by atoms with Crippen LogP contribution in [0.2, 0.25) is 0 Å². The van der Waals surface area contributed by atoms with Crippen LogP contribution in [0.4, 0.5) is 5.69 Å². The third kappa shape index (κ3) is 4.56. The van der Waals surface area contributed by atoms with E-state index < -0.39 is 0 Å². The van der Waals surface area contributed by atoms with Gasteiger partial charge < -0.3 is 14.3 Å². The molecule has 0 aliphatic carbocycles. The molecule has 0 bridgehead atoms. The summed E-state index contributed by atoms with van der Waals surface area (Å²) in [5, 5.41) is 12.3. The molecule has 3 aromatic rings. The number of rotatable bonds is 7. The highest BCUT2D eigenvalue weighted by Gasteiger charge is 2.18. The number of hydrogen-bond donors (Lipinski definition) is 1. The quantitative estimate of drug-likeness (QED) is 0.529. The van der Waals surface area contributed by atoms with E-state index in [0.717, 1.165) is 34.0 Å². The van der Waals surface area contributed by atoms with Gasteiger partial charge in [0.1, 0.15) is 5.76 Å². The zero-order chi connectivity index (χ0) is 21.1. The number of aryl methyl sites for hydroxylation is 1. The summed E-state index contributed by atoms with van der Waals surface area (Å²) >= 11 is 1.37. The molecule has 29 heavy (non-hydrogen) atoms. The summed E-state index contributed by atoms with van der Waals surface area (Å²) in [5.41, 5.74) is 4.16. The molecule has 3 rings (SSSR count). The molecule has 154 valence electrons. The molecule has 0 unspecified atom stereocenters. The monoisotopic (exact) mass is 412 g/mol. The number of amides is 1. The van der Waals surface area contributed by atoms with Gasteiger partial charge in [-0.2, -0.15) is 0 Å². The molecule has 0 fully saturated rings. The van der Waals surface area contributed by atoms with Crippen molar-refractivity contribution in [1.82, 2.24) is 14.8 Å². The maximum absolute atomic E-state index is 12.7. The molecule has 2 aromatic heterocycles. The summed E-state index contributed by atoms with van der Waals surface area (Å²) in [6, 6.07) is 8.10. The number of hydrogen-bond acceptors (Lipinski definition) is 5. The first-order valence-corrected chi connectivity index (χ1v) is 10.8. The Morgan fingerprint density at radius 2 is 1.79 bits per heavy atom. The minimum Gasteiger partial charge on any atom is -0.469 e. The van der Waals surface area contributed by atoms with Gasteiger partial charge in [0.05, 0.1) is 17.6 Å². The zero-order valence-corrected chi connectivity index (χ0v) is 18.6. The van der Waals surface area contributed by atoms with E-state index in [0.29, 0.717) is 17.0 Å². The van der Waals surface area contributed by atoms with Crippen molar-refractivity contribution in [3.63, 3.8) is 0 Å². The van der Waals surface area contributed by atoms with Gasteiger partial charge in [0.15, 0.2) is 11.0 Å². The normalized spacial score (nSPS) is 11.4. The predicted molar refractivity (Wildman–Crippen MR) is 117 cm³/mol. The SMILES string of the molecule is Cc1occc1-c1nnc(SCC(=O)Nc2c(C(C)C)cccc2C(C)C)n1C. The molecule has 1 N–H and O–H groups in total. The lowest BCUT2D eigenvalue weighted by atomic mass is 9.92. The third-order valence-corrected chi connectivity index (χ3v) is 5.92. The van der Waals surface area contributed by atoms with Gasteiger partial charge in [-0.3, -0.25) is 4.79 Å². The number of carbonyl (C=O) groups is 1. The molecule has 0 aliphatic rings. The molecule has 2 heterocycles. The Kier molecular flexibility index (Phi) is 6.47. The van der Waals surface area contributed by atoms with Crippen LogP contribution in [-0.2, 0) is 11.8 Å². The number of para-hydroxylation sites is 1. The largest absolute Gasteiger partial charge is 0.469 e. The molecule has 0 aliphatic heterocycles. The fraction of sp³-hybridized carbons (Fsp3) is 0.409. The van der Waals surface area contributed by atoms with E-state index in [-0.39, 0.29) is 11.7 Å². The summed E-state index contributed by atoms with van der Waals surface area (Å²) in [5.74, 6) is 2.40. The predicted octanol–water partition coefficient (Wildman–Crippen LogP) is 5.36. The molecular weight excluding hydrogens is 384 g/mol. The first-order valence-electron chi connectivity index (χ1n) is 9.78. The van der Waals surface area contributed by atoms with Gasteiger partial charge in [-0.1, -0.05) is 57.7 Å². The fourth-order valence-corrected chi connectivity index (χ4v) is 4.00. The minimum absolute atomic E-state index is 0.0472. The van der Waals surface area contributed by atoms with Crippen molar-refractivity contribution in [2.45, 2.75) is 51.6 Å². The zero-order valence-electron chi connectivity index (χ0n) is 17.8. The van der Waals surface area contributed by atoms with E-state index in [4.69, 9.17) is 4.42 Å². The smallest absolute Gasteiger partial charge is 0.234 e. The van der Waals surface area contributed by atoms with Crippen molar-refractivity contribution in [2.75, 3.05) is 11.1 Å². The van der Waals surface area contributed by atoms with E-state index in [1.807, 2.05) is 24.6 Å². The van der Waals surface area contributed by atoms with Crippen LogP contribution in [0.1, 0.15) is 56.4 Å². The van der Waals surface area contributed by atoms with Gasteiger partial charge in [-0.15, -0.1) is 10.2 Å². The second-order valence-electron chi connectivity index (χ2n) is 7.71. The number of carbonyl (C=O) groups excluding carboxylic acids is 1. The number of furan rings is 1. The molecule has 0 radical (unpaired) electrons. The molecule has 6 nitrogen and oxygen atoms in total. The van der Waals surface area contributed by atoms with Crippen LogP contribution in [-0.4, -0.2) is 26.4 Å². The molecule has 0 saturated heterocycles. The fourth-order valence-electron chi connectivity index (χ4n) is 3.29. The summed E-state index contributed by atoms with van der Waals surface area (Å²) in [4.78, 5) is 12.7. The third-order valence-electron chi connectivity index (χ3n) is 4.90. The van der Waals surface area contributed by atoms with Crippen LogP contribution in [0.25, 0.3) is 11.4 Å². The van der Waals surface area contributed by atoms with Crippen molar-refractivity contribution in [3.05, 3.63) is 47.4 Å². The number of benzene rings is 1. The second-order valence-corrected chi connectivity index (χ2v) is 8.66. The summed E-state index contributed by atoms with van der Waals surface area (Å²) < 4.78 is 7.24. The maximum Gasteiger partial charge on any atom is 0.234 e. The van der Waals surface area contributed by atoms with Crippen LogP contribution in [0.5, 0.6) is 0 Å². The van der Waals surface area contributed by atoms with Crippen LogP contribution < -0.4 is 5.32 Å².